The predicted molar refractivity (Wildman–Crippen MR) is 82.8 cm³/mol. The Hall–Kier alpha value is -1.55. The number of benzene rings is 1. The molecular weight excluding hydrogens is 266 g/mol. The summed E-state index contributed by atoms with van der Waals surface area (Å²) in [6.45, 7) is 5.95. The standard InChI is InChI=1S/C17H25NO3/c1-13-7-8-15(21-3)14(11-13)17(2,12-16(19)20)18-9-5-4-6-10-18/h7-8,11H,4-6,9-10,12H2,1-3H3,(H,19,20). The maximum atomic E-state index is 11.4. The Labute approximate surface area is 126 Å². The fourth-order valence-electron chi connectivity index (χ4n) is 3.30. The van der Waals surface area contributed by atoms with E-state index in [1.165, 1.54) is 6.42 Å². The minimum Gasteiger partial charge on any atom is -0.496 e. The van der Waals surface area contributed by atoms with Gasteiger partial charge in [-0.2, -0.15) is 0 Å². The Balaban J connectivity index is 2.48. The summed E-state index contributed by atoms with van der Waals surface area (Å²) in [6, 6.07) is 6.00. The SMILES string of the molecule is COc1ccc(C)cc1C(C)(CC(=O)O)N1CCCCC1. The van der Waals surface area contributed by atoms with Gasteiger partial charge < -0.3 is 9.84 Å². The highest BCUT2D eigenvalue weighted by Crippen LogP contribution is 2.39. The fraction of sp³-hybridized carbons (Fsp3) is 0.588. The van der Waals surface area contributed by atoms with Crippen LogP contribution in [0.2, 0.25) is 0 Å². The van der Waals surface area contributed by atoms with Gasteiger partial charge in [0.15, 0.2) is 0 Å². The van der Waals surface area contributed by atoms with E-state index < -0.39 is 11.5 Å². The molecule has 4 nitrogen and oxygen atoms in total. The number of carboxylic acid groups (broad SMARTS) is 1. The molecule has 0 bridgehead atoms. The van der Waals surface area contributed by atoms with Crippen molar-refractivity contribution in [1.29, 1.82) is 0 Å². The highest BCUT2D eigenvalue weighted by molar-refractivity contribution is 5.69. The van der Waals surface area contributed by atoms with Gasteiger partial charge in [0.05, 0.1) is 19.1 Å². The molecular formula is C17H25NO3. The zero-order valence-corrected chi connectivity index (χ0v) is 13.2. The monoisotopic (exact) mass is 291 g/mol. The summed E-state index contributed by atoms with van der Waals surface area (Å²) < 4.78 is 5.50. The van der Waals surface area contributed by atoms with Gasteiger partial charge in [0.25, 0.3) is 0 Å². The second-order valence-electron chi connectivity index (χ2n) is 6.10. The Bertz CT molecular complexity index is 509. The molecule has 1 unspecified atom stereocenters. The van der Waals surface area contributed by atoms with Crippen LogP contribution in [0, 0.1) is 6.92 Å². The fourth-order valence-corrected chi connectivity index (χ4v) is 3.30. The second-order valence-corrected chi connectivity index (χ2v) is 6.10. The summed E-state index contributed by atoms with van der Waals surface area (Å²) in [7, 11) is 1.64. The van der Waals surface area contributed by atoms with Gasteiger partial charge in [-0.25, -0.2) is 0 Å². The molecule has 1 aliphatic rings. The molecule has 2 rings (SSSR count). The van der Waals surface area contributed by atoms with E-state index in [4.69, 9.17) is 4.74 Å². The Morgan fingerprint density at radius 2 is 2.00 bits per heavy atom. The lowest BCUT2D eigenvalue weighted by molar-refractivity contribution is -0.140. The van der Waals surface area contributed by atoms with Gasteiger partial charge in [0, 0.05) is 5.56 Å². The number of hydrogen-bond acceptors (Lipinski definition) is 3. The van der Waals surface area contributed by atoms with E-state index in [0.29, 0.717) is 0 Å². The number of likely N-dealkylation sites (tertiary alicyclic amines) is 1. The summed E-state index contributed by atoms with van der Waals surface area (Å²) in [4.78, 5) is 13.8. The van der Waals surface area contributed by atoms with Gasteiger partial charge in [-0.05, 0) is 45.8 Å². The van der Waals surface area contributed by atoms with Crippen molar-refractivity contribution >= 4 is 5.97 Å². The Morgan fingerprint density at radius 3 is 2.57 bits per heavy atom. The first kappa shape index (κ1) is 15.8. The largest absolute Gasteiger partial charge is 0.496 e. The van der Waals surface area contributed by atoms with Gasteiger partial charge in [-0.1, -0.05) is 24.1 Å². The average molecular weight is 291 g/mol. The third-order valence-corrected chi connectivity index (χ3v) is 4.48. The summed E-state index contributed by atoms with van der Waals surface area (Å²) in [5, 5.41) is 9.41. The lowest BCUT2D eigenvalue weighted by Crippen LogP contribution is -2.48. The van der Waals surface area contributed by atoms with Gasteiger partial charge in [-0.15, -0.1) is 0 Å². The molecule has 0 spiro atoms. The summed E-state index contributed by atoms with van der Waals surface area (Å²) in [6.07, 6.45) is 3.57. The van der Waals surface area contributed by atoms with Gasteiger partial charge in [-0.3, -0.25) is 9.69 Å². The maximum absolute atomic E-state index is 11.4. The van der Waals surface area contributed by atoms with Crippen LogP contribution in [-0.4, -0.2) is 36.2 Å². The lowest BCUT2D eigenvalue weighted by Gasteiger charge is -2.43. The highest BCUT2D eigenvalue weighted by atomic mass is 16.5. The summed E-state index contributed by atoms with van der Waals surface area (Å²) >= 11 is 0. The number of carboxylic acids is 1. The van der Waals surface area contributed by atoms with E-state index in [1.54, 1.807) is 7.11 Å². The Morgan fingerprint density at radius 1 is 1.33 bits per heavy atom. The van der Waals surface area contributed by atoms with Crippen LogP contribution in [-0.2, 0) is 10.3 Å². The molecule has 0 radical (unpaired) electrons. The molecule has 1 heterocycles. The molecule has 1 N–H and O–H groups in total. The number of aliphatic carboxylic acids is 1. The van der Waals surface area contributed by atoms with Crippen LogP contribution >= 0.6 is 0 Å². The number of hydrogen-bond donors (Lipinski definition) is 1. The van der Waals surface area contributed by atoms with Crippen molar-refractivity contribution in [3.05, 3.63) is 29.3 Å². The maximum Gasteiger partial charge on any atom is 0.305 e. The van der Waals surface area contributed by atoms with Crippen molar-refractivity contribution in [2.45, 2.75) is 45.1 Å². The molecule has 1 aliphatic heterocycles. The topological polar surface area (TPSA) is 49.8 Å². The van der Waals surface area contributed by atoms with Crippen LogP contribution in [0.1, 0.15) is 43.7 Å². The van der Waals surface area contributed by atoms with Crippen LogP contribution in [0.4, 0.5) is 0 Å². The normalized spacial score (nSPS) is 19.0. The zero-order chi connectivity index (χ0) is 15.5. The first-order chi connectivity index (χ1) is 9.97. The van der Waals surface area contributed by atoms with Crippen LogP contribution < -0.4 is 4.74 Å². The molecule has 1 fully saturated rings. The Kier molecular flexibility index (Phi) is 4.88. The number of ether oxygens (including phenoxy) is 1. The molecule has 0 aromatic heterocycles. The number of nitrogens with zero attached hydrogens (tertiary/aromatic N) is 1. The van der Waals surface area contributed by atoms with Gasteiger partial charge in [0.2, 0.25) is 0 Å². The molecule has 1 aromatic rings. The summed E-state index contributed by atoms with van der Waals surface area (Å²) in [5.41, 5.74) is 1.58. The minimum atomic E-state index is -0.772. The van der Waals surface area contributed by atoms with E-state index in [2.05, 4.69) is 11.0 Å². The lowest BCUT2D eigenvalue weighted by atomic mass is 9.83. The summed E-state index contributed by atoms with van der Waals surface area (Å²) in [5.74, 6) is 0.00144. The molecule has 1 saturated heterocycles. The number of methoxy groups -OCH3 is 1. The third-order valence-electron chi connectivity index (χ3n) is 4.48. The van der Waals surface area contributed by atoms with Crippen molar-refractivity contribution in [2.24, 2.45) is 0 Å². The highest BCUT2D eigenvalue weighted by Gasteiger charge is 2.38. The molecule has 1 atom stereocenters. The van der Waals surface area contributed by atoms with Crippen LogP contribution in [0.15, 0.2) is 18.2 Å². The molecule has 4 heteroatoms. The molecule has 21 heavy (non-hydrogen) atoms. The van der Waals surface area contributed by atoms with Gasteiger partial charge >= 0.3 is 5.97 Å². The first-order valence-corrected chi connectivity index (χ1v) is 7.59. The van der Waals surface area contributed by atoms with E-state index in [9.17, 15) is 9.90 Å². The van der Waals surface area contributed by atoms with Crippen LogP contribution in [0.3, 0.4) is 0 Å². The van der Waals surface area contributed by atoms with E-state index in [-0.39, 0.29) is 6.42 Å². The minimum absolute atomic E-state index is 0.0901. The number of piperidine rings is 1. The quantitative estimate of drug-likeness (QED) is 0.905. The number of aryl methyl sites for hydroxylation is 1. The molecule has 0 saturated carbocycles. The number of carbonyl (C=O) groups is 1. The van der Waals surface area contributed by atoms with Crippen molar-refractivity contribution in [1.82, 2.24) is 4.90 Å². The van der Waals surface area contributed by atoms with Crippen molar-refractivity contribution in [2.75, 3.05) is 20.2 Å². The molecule has 1 aromatic carbocycles. The predicted octanol–water partition coefficient (Wildman–Crippen LogP) is 3.18. The second kappa shape index (κ2) is 6.48. The molecule has 0 aliphatic carbocycles. The van der Waals surface area contributed by atoms with Crippen LogP contribution in [0.25, 0.3) is 0 Å². The molecule has 0 amide bonds. The molecule has 116 valence electrons. The zero-order valence-electron chi connectivity index (χ0n) is 13.2. The van der Waals surface area contributed by atoms with Crippen molar-refractivity contribution in [3.63, 3.8) is 0 Å². The van der Waals surface area contributed by atoms with E-state index in [0.717, 1.165) is 42.8 Å². The average Bonchev–Trinajstić information content (AvgIpc) is 2.47. The van der Waals surface area contributed by atoms with Gasteiger partial charge in [0.1, 0.15) is 5.75 Å². The first-order valence-electron chi connectivity index (χ1n) is 7.59. The van der Waals surface area contributed by atoms with E-state index in [1.807, 2.05) is 26.0 Å². The number of rotatable bonds is 5. The van der Waals surface area contributed by atoms with E-state index >= 15 is 0 Å². The van der Waals surface area contributed by atoms with Crippen molar-refractivity contribution < 1.29 is 14.6 Å². The van der Waals surface area contributed by atoms with Crippen LogP contribution in [0.5, 0.6) is 5.75 Å². The smallest absolute Gasteiger partial charge is 0.305 e. The van der Waals surface area contributed by atoms with Crippen molar-refractivity contribution in [3.8, 4) is 5.75 Å². The third kappa shape index (κ3) is 3.38.